The van der Waals surface area contributed by atoms with Crippen LogP contribution in [0.2, 0.25) is 0 Å². The predicted octanol–water partition coefficient (Wildman–Crippen LogP) is 2.12. The van der Waals surface area contributed by atoms with E-state index in [2.05, 4.69) is 11.9 Å². The van der Waals surface area contributed by atoms with Gasteiger partial charge in [-0.15, -0.1) is 6.58 Å². The number of aryl methyl sites for hydroxylation is 2. The lowest BCUT2D eigenvalue weighted by Crippen LogP contribution is -2.53. The third-order valence-corrected chi connectivity index (χ3v) is 3.65. The monoisotopic (exact) mass is 300 g/mol. The molecule has 0 bridgehead atoms. The molecule has 0 aromatic heterocycles. The molecule has 0 spiro atoms. The molecule has 0 aliphatic carbocycles. The zero-order valence-electron chi connectivity index (χ0n) is 12.0. The molecular weight excluding hydrogens is 284 g/mol. The van der Waals surface area contributed by atoms with Gasteiger partial charge in [-0.3, -0.25) is 19.8 Å². The average molecular weight is 300 g/mol. The lowest BCUT2D eigenvalue weighted by atomic mass is 9.99. The van der Waals surface area contributed by atoms with Crippen LogP contribution in [-0.2, 0) is 9.59 Å². The largest absolute Gasteiger partial charge is 0.298 e. The van der Waals surface area contributed by atoms with Gasteiger partial charge >= 0.3 is 0 Å². The number of carbonyl (C=O) groups is 2. The highest BCUT2D eigenvalue weighted by atomic mass is 32.1. The lowest BCUT2D eigenvalue weighted by Gasteiger charge is -2.28. The molecule has 1 aromatic carbocycles. The maximum Gasteiger partial charge on any atom is 0.265 e. The Bertz CT molecular complexity index is 657. The number of amides is 2. The highest BCUT2D eigenvalue weighted by Crippen LogP contribution is 2.20. The van der Waals surface area contributed by atoms with E-state index < -0.39 is 11.8 Å². The minimum atomic E-state index is -0.465. The zero-order chi connectivity index (χ0) is 15.6. The topological polar surface area (TPSA) is 49.4 Å². The van der Waals surface area contributed by atoms with E-state index in [-0.39, 0.29) is 17.2 Å². The summed E-state index contributed by atoms with van der Waals surface area (Å²) in [4.78, 5) is 25.8. The van der Waals surface area contributed by atoms with Gasteiger partial charge in [-0.05, 0) is 48.8 Å². The number of nitrogens with zero attached hydrogens (tertiary/aromatic N) is 1. The Morgan fingerprint density at radius 2 is 1.90 bits per heavy atom. The first-order valence-corrected chi connectivity index (χ1v) is 6.92. The van der Waals surface area contributed by atoms with Gasteiger partial charge in [0.15, 0.2) is 5.11 Å². The number of benzene rings is 1. The second-order valence-corrected chi connectivity index (χ2v) is 5.21. The van der Waals surface area contributed by atoms with Crippen molar-refractivity contribution in [3.8, 4) is 0 Å². The van der Waals surface area contributed by atoms with Crippen LogP contribution in [0.4, 0.5) is 0 Å². The van der Waals surface area contributed by atoms with Crippen molar-refractivity contribution in [2.75, 3.05) is 6.54 Å². The van der Waals surface area contributed by atoms with E-state index in [0.29, 0.717) is 0 Å². The molecule has 0 atom stereocenters. The molecule has 0 radical (unpaired) electrons. The lowest BCUT2D eigenvalue weighted by molar-refractivity contribution is -0.128. The van der Waals surface area contributed by atoms with E-state index in [1.54, 1.807) is 12.2 Å². The van der Waals surface area contributed by atoms with E-state index in [0.717, 1.165) is 16.7 Å². The van der Waals surface area contributed by atoms with Crippen LogP contribution >= 0.6 is 12.2 Å². The van der Waals surface area contributed by atoms with Crippen molar-refractivity contribution in [2.24, 2.45) is 0 Å². The van der Waals surface area contributed by atoms with Gasteiger partial charge < -0.3 is 0 Å². The van der Waals surface area contributed by atoms with Crippen molar-refractivity contribution < 1.29 is 9.59 Å². The maximum atomic E-state index is 12.4. The summed E-state index contributed by atoms with van der Waals surface area (Å²) in [6.45, 7) is 7.74. The van der Waals surface area contributed by atoms with E-state index in [9.17, 15) is 9.59 Å². The molecule has 1 aliphatic rings. The number of hydrogen-bond acceptors (Lipinski definition) is 3. The smallest absolute Gasteiger partial charge is 0.265 e. The molecule has 1 saturated heterocycles. The Balaban J connectivity index is 2.48. The summed E-state index contributed by atoms with van der Waals surface area (Å²) in [6, 6.07) is 5.82. The molecule has 21 heavy (non-hydrogen) atoms. The van der Waals surface area contributed by atoms with Crippen LogP contribution in [0.5, 0.6) is 0 Å². The third kappa shape index (κ3) is 2.92. The van der Waals surface area contributed by atoms with Gasteiger partial charge in [0.25, 0.3) is 11.8 Å². The molecule has 4 nitrogen and oxygen atoms in total. The van der Waals surface area contributed by atoms with E-state index in [1.807, 2.05) is 32.0 Å². The molecule has 1 fully saturated rings. The van der Waals surface area contributed by atoms with Gasteiger partial charge in [0.2, 0.25) is 0 Å². The minimum Gasteiger partial charge on any atom is -0.298 e. The van der Waals surface area contributed by atoms with Crippen molar-refractivity contribution in [3.63, 3.8) is 0 Å². The Kier molecular flexibility index (Phi) is 4.33. The first-order chi connectivity index (χ1) is 9.95. The fourth-order valence-electron chi connectivity index (χ4n) is 2.19. The predicted molar refractivity (Wildman–Crippen MR) is 86.5 cm³/mol. The molecule has 1 aromatic rings. The quantitative estimate of drug-likeness (QED) is 0.402. The number of carbonyl (C=O) groups excluding carboxylic acids is 2. The number of thiocarbonyl (C=S) groups is 1. The van der Waals surface area contributed by atoms with Gasteiger partial charge in [0, 0.05) is 6.54 Å². The Hall–Kier alpha value is -2.27. The molecule has 1 heterocycles. The summed E-state index contributed by atoms with van der Waals surface area (Å²) >= 11 is 5.01. The zero-order valence-corrected chi connectivity index (χ0v) is 12.8. The summed E-state index contributed by atoms with van der Waals surface area (Å²) in [5.41, 5.74) is 2.98. The first-order valence-electron chi connectivity index (χ1n) is 6.51. The van der Waals surface area contributed by atoms with Crippen molar-refractivity contribution >= 4 is 35.2 Å². The summed E-state index contributed by atoms with van der Waals surface area (Å²) in [6.07, 6.45) is 3.19. The maximum absolute atomic E-state index is 12.4. The first kappa shape index (κ1) is 15.1. The number of nitrogens with one attached hydrogen (secondary N) is 1. The van der Waals surface area contributed by atoms with E-state index in [4.69, 9.17) is 12.2 Å². The van der Waals surface area contributed by atoms with Gasteiger partial charge in [-0.25, -0.2) is 0 Å². The molecule has 2 rings (SSSR count). The summed E-state index contributed by atoms with van der Waals surface area (Å²) in [5.74, 6) is -0.862. The van der Waals surface area contributed by atoms with Gasteiger partial charge in [-0.1, -0.05) is 24.3 Å². The molecule has 1 aliphatic heterocycles. The molecule has 5 heteroatoms. The fraction of sp³-hybridized carbons (Fsp3) is 0.188. The van der Waals surface area contributed by atoms with Crippen molar-refractivity contribution in [1.82, 2.24) is 10.2 Å². The van der Waals surface area contributed by atoms with Crippen molar-refractivity contribution in [2.45, 2.75) is 13.8 Å². The van der Waals surface area contributed by atoms with E-state index >= 15 is 0 Å². The van der Waals surface area contributed by atoms with Crippen molar-refractivity contribution in [1.29, 1.82) is 0 Å². The second-order valence-electron chi connectivity index (χ2n) is 4.83. The van der Waals surface area contributed by atoms with E-state index in [1.165, 1.54) is 4.90 Å². The van der Waals surface area contributed by atoms with Crippen LogP contribution in [0.25, 0.3) is 6.08 Å². The second kappa shape index (κ2) is 6.01. The van der Waals surface area contributed by atoms with Crippen LogP contribution in [0.15, 0.2) is 36.4 Å². The Labute approximate surface area is 129 Å². The van der Waals surface area contributed by atoms with Gasteiger partial charge in [0.05, 0.1) is 0 Å². The third-order valence-electron chi connectivity index (χ3n) is 3.33. The van der Waals surface area contributed by atoms with Crippen LogP contribution in [0, 0.1) is 13.8 Å². The van der Waals surface area contributed by atoms with Crippen LogP contribution < -0.4 is 5.32 Å². The van der Waals surface area contributed by atoms with Gasteiger partial charge in [0.1, 0.15) is 5.57 Å². The summed E-state index contributed by atoms with van der Waals surface area (Å²) in [7, 11) is 0. The SMILES string of the molecule is C=CCN1C(=O)C(=Cc2c(C)cccc2C)C(=O)NC1=S. The molecular formula is C16H16N2O2S. The Morgan fingerprint density at radius 1 is 1.29 bits per heavy atom. The molecule has 2 amide bonds. The molecule has 108 valence electrons. The number of hydrogen-bond donors (Lipinski definition) is 1. The van der Waals surface area contributed by atoms with Gasteiger partial charge in [-0.2, -0.15) is 0 Å². The minimum absolute atomic E-state index is 0.0860. The normalized spacial score (nSPS) is 17.1. The molecule has 0 unspecified atom stereocenters. The fourth-order valence-corrected chi connectivity index (χ4v) is 2.44. The van der Waals surface area contributed by atoms with Crippen LogP contribution in [0.1, 0.15) is 16.7 Å². The van der Waals surface area contributed by atoms with Crippen LogP contribution in [-0.4, -0.2) is 28.4 Å². The summed E-state index contributed by atoms with van der Waals surface area (Å²) in [5, 5.41) is 2.65. The highest BCUT2D eigenvalue weighted by Gasteiger charge is 2.32. The standard InChI is InChI=1S/C16H16N2O2S/c1-4-8-18-15(20)13(14(19)17-16(18)21)9-12-10(2)6-5-7-11(12)3/h4-7,9H,1,8H2,2-3H3,(H,17,19,21). The highest BCUT2D eigenvalue weighted by molar-refractivity contribution is 7.80. The van der Waals surface area contributed by atoms with Crippen LogP contribution in [0.3, 0.4) is 0 Å². The number of rotatable bonds is 3. The average Bonchev–Trinajstić information content (AvgIpc) is 2.42. The summed E-state index contributed by atoms with van der Waals surface area (Å²) < 4.78 is 0. The van der Waals surface area contributed by atoms with Crippen molar-refractivity contribution in [3.05, 3.63) is 53.1 Å². The Morgan fingerprint density at radius 3 is 2.48 bits per heavy atom. The molecule has 1 N–H and O–H groups in total. The molecule has 0 saturated carbocycles.